The van der Waals surface area contributed by atoms with Crippen LogP contribution in [0.2, 0.25) is 4.34 Å². The summed E-state index contributed by atoms with van der Waals surface area (Å²) in [4.78, 5) is 11.6. The first kappa shape index (κ1) is 13.5. The summed E-state index contributed by atoms with van der Waals surface area (Å²) in [5.41, 5.74) is 2.48. The zero-order valence-electron chi connectivity index (χ0n) is 10.6. The topological polar surface area (TPSA) is 55.2 Å². The van der Waals surface area contributed by atoms with Crippen LogP contribution < -0.4 is 5.32 Å². The number of rotatable bonds is 4. The van der Waals surface area contributed by atoms with Crippen LogP contribution in [0.5, 0.6) is 0 Å². The van der Waals surface area contributed by atoms with E-state index in [0.717, 1.165) is 22.7 Å². The summed E-state index contributed by atoms with van der Waals surface area (Å²) < 4.78 is 0.844. The van der Waals surface area contributed by atoms with Gasteiger partial charge in [0, 0.05) is 29.6 Å². The van der Waals surface area contributed by atoms with Gasteiger partial charge in [0.2, 0.25) is 0 Å². The molecule has 0 amide bonds. The molecule has 1 atom stereocenters. The van der Waals surface area contributed by atoms with Crippen molar-refractivity contribution in [1.29, 1.82) is 0 Å². The highest BCUT2D eigenvalue weighted by Crippen LogP contribution is 2.39. The lowest BCUT2D eigenvalue weighted by Gasteiger charge is -2.12. The average molecular weight is 309 g/mol. The van der Waals surface area contributed by atoms with E-state index >= 15 is 0 Å². The predicted molar refractivity (Wildman–Crippen MR) is 80.3 cm³/mol. The van der Waals surface area contributed by atoms with Gasteiger partial charge in [-0.3, -0.25) is 10.1 Å². The van der Waals surface area contributed by atoms with E-state index in [1.165, 1.54) is 10.4 Å². The molecule has 6 heteroatoms. The lowest BCUT2D eigenvalue weighted by Crippen LogP contribution is -2.18. The fourth-order valence-electron chi connectivity index (χ4n) is 2.52. The van der Waals surface area contributed by atoms with Crippen molar-refractivity contribution in [1.82, 2.24) is 5.32 Å². The maximum absolute atomic E-state index is 10.6. The summed E-state index contributed by atoms with van der Waals surface area (Å²) in [5, 5.41) is 14.1. The van der Waals surface area contributed by atoms with E-state index < -0.39 is 0 Å². The van der Waals surface area contributed by atoms with Crippen LogP contribution in [0, 0.1) is 10.1 Å². The second kappa shape index (κ2) is 5.52. The Bertz CT molecular complexity index is 639. The van der Waals surface area contributed by atoms with Gasteiger partial charge in [0.15, 0.2) is 0 Å². The van der Waals surface area contributed by atoms with Gasteiger partial charge in [0.05, 0.1) is 9.26 Å². The van der Waals surface area contributed by atoms with Crippen LogP contribution >= 0.6 is 22.9 Å². The largest absolute Gasteiger partial charge is 0.306 e. The summed E-state index contributed by atoms with van der Waals surface area (Å²) >= 11 is 7.69. The minimum Gasteiger partial charge on any atom is -0.306 e. The quantitative estimate of drug-likeness (QED) is 0.684. The van der Waals surface area contributed by atoms with Gasteiger partial charge in [-0.2, -0.15) is 0 Å². The summed E-state index contributed by atoms with van der Waals surface area (Å²) in [6, 6.07) is 9.05. The first-order chi connectivity index (χ1) is 9.63. The molecule has 4 nitrogen and oxygen atoms in total. The molecule has 1 unspecified atom stereocenters. The molecule has 20 heavy (non-hydrogen) atoms. The number of aryl methyl sites for hydroxylation is 1. The van der Waals surface area contributed by atoms with E-state index in [2.05, 4.69) is 5.32 Å². The molecule has 1 aliphatic carbocycles. The predicted octanol–water partition coefficient (Wildman–Crippen LogP) is 4.09. The molecule has 0 radical (unpaired) electrons. The molecule has 1 aliphatic rings. The smallest absolute Gasteiger partial charge is 0.269 e. The minimum atomic E-state index is -0.381. The number of nitro groups is 1. The number of nitrogens with zero attached hydrogens (tertiary/aromatic N) is 1. The molecule has 0 fully saturated rings. The van der Waals surface area contributed by atoms with Crippen LogP contribution in [0.25, 0.3) is 0 Å². The average Bonchev–Trinajstić information content (AvgIpc) is 2.96. The summed E-state index contributed by atoms with van der Waals surface area (Å²) in [6.45, 7) is 0.704. The Labute approximate surface area is 125 Å². The van der Waals surface area contributed by atoms with Crippen LogP contribution in [0.3, 0.4) is 0 Å². The first-order valence-corrected chi connectivity index (χ1v) is 7.58. The van der Waals surface area contributed by atoms with Gasteiger partial charge in [-0.25, -0.2) is 0 Å². The number of fused-ring (bicyclic) bond motifs is 1. The number of hydrogen-bond acceptors (Lipinski definition) is 4. The van der Waals surface area contributed by atoms with E-state index in [1.54, 1.807) is 35.6 Å². The molecular formula is C14H13ClN2O2S. The third-order valence-corrected chi connectivity index (χ3v) is 4.89. The summed E-state index contributed by atoms with van der Waals surface area (Å²) in [5.74, 6) is 0. The molecule has 1 heterocycles. The maximum Gasteiger partial charge on any atom is 0.269 e. The normalized spacial score (nSPS) is 17.1. The Morgan fingerprint density at radius 2 is 2.15 bits per heavy atom. The van der Waals surface area contributed by atoms with Crippen LogP contribution in [0.4, 0.5) is 5.69 Å². The number of thiophene rings is 1. The molecule has 0 saturated carbocycles. The number of hydrogen-bond donors (Lipinski definition) is 1. The van der Waals surface area contributed by atoms with Crippen molar-refractivity contribution in [2.45, 2.75) is 25.4 Å². The molecule has 0 bridgehead atoms. The van der Waals surface area contributed by atoms with Gasteiger partial charge in [-0.05, 0) is 30.0 Å². The van der Waals surface area contributed by atoms with Crippen molar-refractivity contribution in [3.05, 3.63) is 60.8 Å². The van der Waals surface area contributed by atoms with E-state index in [0.29, 0.717) is 12.6 Å². The van der Waals surface area contributed by atoms with Gasteiger partial charge in [-0.1, -0.05) is 23.7 Å². The van der Waals surface area contributed by atoms with Crippen LogP contribution in [0.1, 0.15) is 28.5 Å². The van der Waals surface area contributed by atoms with Crippen LogP contribution in [-0.2, 0) is 13.0 Å². The molecule has 1 aromatic carbocycles. The monoisotopic (exact) mass is 308 g/mol. The Kier molecular flexibility index (Phi) is 3.74. The SMILES string of the molecule is O=[N+]([O-])c1ccc(CNC2CCc3sc(Cl)cc32)cc1. The molecule has 1 aromatic heterocycles. The molecule has 0 saturated heterocycles. The van der Waals surface area contributed by atoms with Crippen molar-refractivity contribution in [3.8, 4) is 0 Å². The van der Waals surface area contributed by atoms with Gasteiger partial charge >= 0.3 is 0 Å². The summed E-state index contributed by atoms with van der Waals surface area (Å²) in [6.07, 6.45) is 2.16. The molecule has 3 rings (SSSR count). The fraction of sp³-hybridized carbons (Fsp3) is 0.286. The highest BCUT2D eigenvalue weighted by molar-refractivity contribution is 7.16. The maximum atomic E-state index is 10.6. The van der Waals surface area contributed by atoms with Gasteiger partial charge in [-0.15, -0.1) is 11.3 Å². The Hall–Kier alpha value is -1.43. The van der Waals surface area contributed by atoms with E-state index in [-0.39, 0.29) is 10.6 Å². The molecule has 0 aliphatic heterocycles. The molecular weight excluding hydrogens is 296 g/mol. The molecule has 1 N–H and O–H groups in total. The molecule has 104 valence electrons. The van der Waals surface area contributed by atoms with Crippen molar-refractivity contribution in [2.24, 2.45) is 0 Å². The standard InChI is InChI=1S/C14H13ClN2O2S/c15-14-7-11-12(5-6-13(11)20-14)16-8-9-1-3-10(4-2-9)17(18)19/h1-4,7,12,16H,5-6,8H2. The van der Waals surface area contributed by atoms with Gasteiger partial charge in [0.25, 0.3) is 5.69 Å². The number of benzene rings is 1. The van der Waals surface area contributed by atoms with E-state index in [4.69, 9.17) is 11.6 Å². The van der Waals surface area contributed by atoms with Crippen LogP contribution in [0.15, 0.2) is 30.3 Å². The zero-order valence-corrected chi connectivity index (χ0v) is 12.2. The third-order valence-electron chi connectivity index (χ3n) is 3.55. The van der Waals surface area contributed by atoms with Crippen molar-refractivity contribution in [2.75, 3.05) is 0 Å². The van der Waals surface area contributed by atoms with Gasteiger partial charge < -0.3 is 5.32 Å². The van der Waals surface area contributed by atoms with Crippen molar-refractivity contribution >= 4 is 28.6 Å². The van der Waals surface area contributed by atoms with Crippen LogP contribution in [-0.4, -0.2) is 4.92 Å². The number of non-ortho nitro benzene ring substituents is 1. The highest BCUT2D eigenvalue weighted by atomic mass is 35.5. The lowest BCUT2D eigenvalue weighted by molar-refractivity contribution is -0.384. The van der Waals surface area contributed by atoms with Crippen molar-refractivity contribution in [3.63, 3.8) is 0 Å². The third kappa shape index (κ3) is 2.70. The number of halogens is 1. The number of nitrogens with one attached hydrogen (secondary N) is 1. The number of nitro benzene ring substituents is 1. The van der Waals surface area contributed by atoms with E-state index in [9.17, 15) is 10.1 Å². The molecule has 0 spiro atoms. The van der Waals surface area contributed by atoms with E-state index in [1.807, 2.05) is 6.07 Å². The first-order valence-electron chi connectivity index (χ1n) is 6.38. The Morgan fingerprint density at radius 1 is 1.40 bits per heavy atom. The highest BCUT2D eigenvalue weighted by Gasteiger charge is 2.24. The Morgan fingerprint density at radius 3 is 2.85 bits per heavy atom. The fourth-order valence-corrected chi connectivity index (χ4v) is 3.88. The van der Waals surface area contributed by atoms with Gasteiger partial charge in [0.1, 0.15) is 0 Å². The Balaban J connectivity index is 1.64. The zero-order chi connectivity index (χ0) is 14.1. The lowest BCUT2D eigenvalue weighted by atomic mass is 10.1. The second-order valence-electron chi connectivity index (χ2n) is 4.82. The minimum absolute atomic E-state index is 0.126. The summed E-state index contributed by atoms with van der Waals surface area (Å²) in [7, 11) is 0. The second-order valence-corrected chi connectivity index (χ2v) is 6.59. The molecule has 2 aromatic rings. The van der Waals surface area contributed by atoms with Crippen molar-refractivity contribution < 1.29 is 4.92 Å².